The molecule has 1 rings (SSSR count). The summed E-state index contributed by atoms with van der Waals surface area (Å²) in [5, 5.41) is 4.12. The molecule has 1 aromatic rings. The highest BCUT2D eigenvalue weighted by molar-refractivity contribution is 6.30. The van der Waals surface area contributed by atoms with E-state index in [4.69, 9.17) is 16.3 Å². The van der Waals surface area contributed by atoms with Gasteiger partial charge in [0, 0.05) is 11.1 Å². The molecule has 0 bridgehead atoms. The molecular formula is C14H20ClNO. The van der Waals surface area contributed by atoms with Crippen molar-refractivity contribution >= 4 is 11.6 Å². The van der Waals surface area contributed by atoms with Crippen LogP contribution in [-0.2, 0) is 0 Å². The van der Waals surface area contributed by atoms with E-state index in [9.17, 15) is 0 Å². The molecule has 0 aliphatic rings. The van der Waals surface area contributed by atoms with Crippen molar-refractivity contribution in [1.82, 2.24) is 5.32 Å². The number of halogens is 1. The summed E-state index contributed by atoms with van der Waals surface area (Å²) in [5.74, 6) is 0.810. The van der Waals surface area contributed by atoms with Gasteiger partial charge in [-0.3, -0.25) is 0 Å². The van der Waals surface area contributed by atoms with Crippen molar-refractivity contribution in [2.45, 2.75) is 25.8 Å². The van der Waals surface area contributed by atoms with Gasteiger partial charge in [-0.2, -0.15) is 0 Å². The first kappa shape index (κ1) is 14.1. The first-order valence-electron chi connectivity index (χ1n) is 5.99. The molecule has 0 aliphatic heterocycles. The van der Waals surface area contributed by atoms with Gasteiger partial charge in [0.1, 0.15) is 12.4 Å². The summed E-state index contributed by atoms with van der Waals surface area (Å²) in [6, 6.07) is 7.78. The Morgan fingerprint density at radius 3 is 3.00 bits per heavy atom. The molecule has 0 heterocycles. The maximum absolute atomic E-state index is 5.89. The maximum Gasteiger partial charge on any atom is 0.120 e. The minimum absolute atomic E-state index is 0.312. The number of nitrogens with one attached hydrogen (secondary N) is 1. The number of hydrogen-bond donors (Lipinski definition) is 1. The average molecular weight is 254 g/mol. The largest absolute Gasteiger partial charge is 0.492 e. The molecule has 0 amide bonds. The van der Waals surface area contributed by atoms with E-state index in [2.05, 4.69) is 18.8 Å². The molecule has 0 aliphatic carbocycles. The zero-order valence-corrected chi connectivity index (χ0v) is 11.0. The highest BCUT2D eigenvalue weighted by atomic mass is 35.5. The fourth-order valence-corrected chi connectivity index (χ4v) is 1.69. The van der Waals surface area contributed by atoms with Gasteiger partial charge in [-0.05, 0) is 37.6 Å². The highest BCUT2D eigenvalue weighted by Gasteiger charge is 2.06. The van der Waals surface area contributed by atoms with Gasteiger partial charge in [-0.15, -0.1) is 6.58 Å². The number of hydrogen-bond acceptors (Lipinski definition) is 2. The molecule has 1 N–H and O–H groups in total. The van der Waals surface area contributed by atoms with E-state index >= 15 is 0 Å². The van der Waals surface area contributed by atoms with E-state index in [-0.39, 0.29) is 0 Å². The molecule has 94 valence electrons. The maximum atomic E-state index is 5.89. The molecule has 2 nitrogen and oxygen atoms in total. The molecule has 0 saturated carbocycles. The van der Waals surface area contributed by atoms with Crippen LogP contribution in [0, 0.1) is 0 Å². The van der Waals surface area contributed by atoms with Crippen LogP contribution in [0.2, 0.25) is 5.02 Å². The number of benzene rings is 1. The first-order chi connectivity index (χ1) is 8.26. The quantitative estimate of drug-likeness (QED) is 0.714. The smallest absolute Gasteiger partial charge is 0.120 e. The molecular weight excluding hydrogens is 234 g/mol. The third-order valence-corrected chi connectivity index (χ3v) is 2.62. The first-order valence-corrected chi connectivity index (χ1v) is 6.36. The van der Waals surface area contributed by atoms with Crippen molar-refractivity contribution < 1.29 is 4.74 Å². The summed E-state index contributed by atoms with van der Waals surface area (Å²) in [6.45, 7) is 7.54. The van der Waals surface area contributed by atoms with Crippen LogP contribution in [0.25, 0.3) is 0 Å². The summed E-state index contributed by atoms with van der Waals surface area (Å²) < 4.78 is 5.70. The van der Waals surface area contributed by atoms with Crippen LogP contribution in [0.3, 0.4) is 0 Å². The third-order valence-electron chi connectivity index (χ3n) is 2.38. The van der Waals surface area contributed by atoms with Gasteiger partial charge < -0.3 is 10.1 Å². The summed E-state index contributed by atoms with van der Waals surface area (Å²) in [5.41, 5.74) is 0. The van der Waals surface area contributed by atoms with Crippen LogP contribution in [0.1, 0.15) is 19.8 Å². The molecule has 0 aromatic heterocycles. The Labute approximate surface area is 109 Å². The molecule has 0 saturated heterocycles. The fourth-order valence-electron chi connectivity index (χ4n) is 1.51. The lowest BCUT2D eigenvalue weighted by Gasteiger charge is -2.17. The van der Waals surface area contributed by atoms with Crippen LogP contribution in [0.15, 0.2) is 36.9 Å². The fraction of sp³-hybridized carbons (Fsp3) is 0.429. The van der Waals surface area contributed by atoms with E-state index in [1.807, 2.05) is 30.3 Å². The van der Waals surface area contributed by atoms with Crippen LogP contribution < -0.4 is 10.1 Å². The molecule has 0 radical (unpaired) electrons. The lowest BCUT2D eigenvalue weighted by Crippen LogP contribution is -2.34. The third kappa shape index (κ3) is 5.76. The molecule has 1 aromatic carbocycles. The van der Waals surface area contributed by atoms with Crippen molar-refractivity contribution in [3.63, 3.8) is 0 Å². The summed E-state index contributed by atoms with van der Waals surface area (Å²) >= 11 is 5.89. The minimum atomic E-state index is 0.312. The zero-order valence-electron chi connectivity index (χ0n) is 10.3. The Morgan fingerprint density at radius 1 is 1.53 bits per heavy atom. The van der Waals surface area contributed by atoms with E-state index in [1.165, 1.54) is 0 Å². The molecule has 1 atom stereocenters. The topological polar surface area (TPSA) is 21.3 Å². The Bertz CT molecular complexity index is 341. The van der Waals surface area contributed by atoms with Crippen molar-refractivity contribution in [2.24, 2.45) is 0 Å². The Hall–Kier alpha value is -0.990. The second kappa shape index (κ2) is 8.15. The second-order valence-electron chi connectivity index (χ2n) is 3.94. The van der Waals surface area contributed by atoms with E-state index in [1.54, 1.807) is 0 Å². The summed E-state index contributed by atoms with van der Waals surface area (Å²) in [7, 11) is 0. The van der Waals surface area contributed by atoms with Crippen LogP contribution >= 0.6 is 11.6 Å². The molecule has 0 spiro atoms. The van der Waals surface area contributed by atoms with E-state index in [0.29, 0.717) is 17.7 Å². The lowest BCUT2D eigenvalue weighted by atomic mass is 10.2. The molecule has 0 fully saturated rings. The Morgan fingerprint density at radius 2 is 2.35 bits per heavy atom. The molecule has 3 heteroatoms. The SMILES string of the molecule is C=CCC(COc1cccc(Cl)c1)NCCC. The summed E-state index contributed by atoms with van der Waals surface area (Å²) in [4.78, 5) is 0. The van der Waals surface area contributed by atoms with E-state index < -0.39 is 0 Å². The average Bonchev–Trinajstić information content (AvgIpc) is 2.33. The van der Waals surface area contributed by atoms with Gasteiger partial charge in [0.25, 0.3) is 0 Å². The monoisotopic (exact) mass is 253 g/mol. The Kier molecular flexibility index (Phi) is 6.75. The van der Waals surface area contributed by atoms with Gasteiger partial charge in [-0.25, -0.2) is 0 Å². The van der Waals surface area contributed by atoms with Crippen LogP contribution in [0.4, 0.5) is 0 Å². The van der Waals surface area contributed by atoms with Crippen LogP contribution in [0.5, 0.6) is 5.75 Å². The second-order valence-corrected chi connectivity index (χ2v) is 4.38. The van der Waals surface area contributed by atoms with Crippen molar-refractivity contribution in [3.05, 3.63) is 41.9 Å². The molecule has 1 unspecified atom stereocenters. The minimum Gasteiger partial charge on any atom is -0.492 e. The zero-order chi connectivity index (χ0) is 12.5. The van der Waals surface area contributed by atoms with E-state index in [0.717, 1.165) is 25.1 Å². The summed E-state index contributed by atoms with van der Waals surface area (Å²) in [6.07, 6.45) is 3.93. The highest BCUT2D eigenvalue weighted by Crippen LogP contribution is 2.17. The lowest BCUT2D eigenvalue weighted by molar-refractivity contribution is 0.265. The van der Waals surface area contributed by atoms with Gasteiger partial charge in [0.05, 0.1) is 0 Å². The van der Waals surface area contributed by atoms with Crippen molar-refractivity contribution in [1.29, 1.82) is 0 Å². The number of rotatable bonds is 8. The normalized spacial score (nSPS) is 12.1. The predicted octanol–water partition coefficient (Wildman–Crippen LogP) is 3.66. The van der Waals surface area contributed by atoms with Gasteiger partial charge in [-0.1, -0.05) is 30.7 Å². The van der Waals surface area contributed by atoms with Crippen LogP contribution in [-0.4, -0.2) is 19.2 Å². The van der Waals surface area contributed by atoms with Crippen molar-refractivity contribution in [2.75, 3.05) is 13.2 Å². The Balaban J connectivity index is 2.42. The van der Waals surface area contributed by atoms with Gasteiger partial charge in [0.15, 0.2) is 0 Å². The van der Waals surface area contributed by atoms with Gasteiger partial charge in [0.2, 0.25) is 0 Å². The molecule has 17 heavy (non-hydrogen) atoms. The van der Waals surface area contributed by atoms with Gasteiger partial charge >= 0.3 is 0 Å². The van der Waals surface area contributed by atoms with Crippen molar-refractivity contribution in [3.8, 4) is 5.75 Å². The standard InChI is InChI=1S/C14H20ClNO/c1-3-6-13(16-9-4-2)11-17-14-8-5-7-12(15)10-14/h3,5,7-8,10,13,16H,1,4,6,9,11H2,2H3. The predicted molar refractivity (Wildman–Crippen MR) is 73.8 cm³/mol. The number of ether oxygens (including phenoxy) is 1.